The van der Waals surface area contributed by atoms with Crippen LogP contribution in [0.5, 0.6) is 0 Å². The quantitative estimate of drug-likeness (QED) is 0.369. The van der Waals surface area contributed by atoms with Gasteiger partial charge in [-0.2, -0.15) is 13.2 Å². The van der Waals surface area contributed by atoms with Crippen molar-refractivity contribution in [2.75, 3.05) is 11.9 Å². The molecule has 3 amide bonds. The van der Waals surface area contributed by atoms with E-state index in [0.717, 1.165) is 17.3 Å². The number of hydrogen-bond acceptors (Lipinski definition) is 5. The Balaban J connectivity index is 1.52. The molecule has 3 aromatic rings. The molecule has 3 atom stereocenters. The van der Waals surface area contributed by atoms with Gasteiger partial charge in [0.1, 0.15) is 6.04 Å². The summed E-state index contributed by atoms with van der Waals surface area (Å²) in [5.74, 6) is -0.534. The number of aryl methyl sites for hydroxylation is 1. The van der Waals surface area contributed by atoms with E-state index in [4.69, 9.17) is 4.42 Å². The fourth-order valence-electron chi connectivity index (χ4n) is 4.57. The number of fused-ring (bicyclic) bond motifs is 3. The highest BCUT2D eigenvalue weighted by Crippen LogP contribution is 2.39. The summed E-state index contributed by atoms with van der Waals surface area (Å²) in [6, 6.07) is 2.96. The van der Waals surface area contributed by atoms with E-state index in [9.17, 15) is 22.8 Å². The lowest BCUT2D eigenvalue weighted by Crippen LogP contribution is -2.39. The van der Waals surface area contributed by atoms with Gasteiger partial charge in [-0.05, 0) is 43.7 Å². The van der Waals surface area contributed by atoms with Crippen LogP contribution in [-0.4, -0.2) is 33.7 Å². The maximum atomic E-state index is 13.5. The number of benzene rings is 1. The number of aromatic nitrogens is 3. The van der Waals surface area contributed by atoms with E-state index in [1.165, 1.54) is 6.07 Å². The normalized spacial score (nSPS) is 17.3. The minimum Gasteiger partial charge on any atom is -0.405 e. The zero-order valence-electron chi connectivity index (χ0n) is 20.3. The number of urea groups is 1. The second-order valence-corrected chi connectivity index (χ2v) is 9.05. The predicted octanol–water partition coefficient (Wildman–Crippen LogP) is 4.72. The number of aromatic amines is 1. The van der Waals surface area contributed by atoms with Crippen LogP contribution in [0.15, 0.2) is 22.6 Å². The van der Waals surface area contributed by atoms with E-state index in [2.05, 4.69) is 31.1 Å². The lowest BCUT2D eigenvalue weighted by molar-refractivity contribution is -0.136. The largest absolute Gasteiger partial charge is 0.418 e. The van der Waals surface area contributed by atoms with Crippen LogP contribution >= 0.6 is 0 Å². The first kappa shape index (κ1) is 25.5. The summed E-state index contributed by atoms with van der Waals surface area (Å²) in [4.78, 5) is 28.0. The number of alkyl halides is 3. The molecule has 4 rings (SSSR count). The van der Waals surface area contributed by atoms with Crippen LogP contribution in [0.4, 0.5) is 24.0 Å². The zero-order valence-corrected chi connectivity index (χ0v) is 20.3. The van der Waals surface area contributed by atoms with Crippen molar-refractivity contribution < 1.29 is 27.2 Å². The Morgan fingerprint density at radius 3 is 2.72 bits per heavy atom. The van der Waals surface area contributed by atoms with Crippen molar-refractivity contribution in [1.82, 2.24) is 25.8 Å². The number of nitrogens with zero attached hydrogens (tertiary/aromatic N) is 2. The summed E-state index contributed by atoms with van der Waals surface area (Å²) in [7, 11) is 0. The summed E-state index contributed by atoms with van der Waals surface area (Å²) < 4.78 is 46.0. The molecule has 0 fully saturated rings. The number of rotatable bonds is 7. The molecule has 2 heterocycles. The fraction of sp³-hybridized carbons (Fsp3) is 0.500. The first-order chi connectivity index (χ1) is 17.1. The molecule has 4 N–H and O–H groups in total. The maximum absolute atomic E-state index is 13.5. The van der Waals surface area contributed by atoms with E-state index >= 15 is 0 Å². The lowest BCUT2D eigenvalue weighted by atomic mass is 9.85. The number of carbonyl (C=O) groups excluding carboxylic acids is 2. The molecule has 1 aliphatic carbocycles. The number of carbonyl (C=O) groups is 2. The number of anilines is 1. The van der Waals surface area contributed by atoms with E-state index in [-0.39, 0.29) is 29.2 Å². The lowest BCUT2D eigenvalue weighted by Gasteiger charge is -2.26. The second kappa shape index (κ2) is 10.2. The van der Waals surface area contributed by atoms with Crippen LogP contribution in [0.1, 0.15) is 62.4 Å². The summed E-state index contributed by atoms with van der Waals surface area (Å²) in [5.41, 5.74) is 0.836. The molecule has 0 spiro atoms. The summed E-state index contributed by atoms with van der Waals surface area (Å²) in [6.07, 6.45) is -2.47. The van der Waals surface area contributed by atoms with Crippen LogP contribution in [0.3, 0.4) is 0 Å². The van der Waals surface area contributed by atoms with Gasteiger partial charge in [0.05, 0.1) is 11.1 Å². The Hall–Kier alpha value is -3.57. The third kappa shape index (κ3) is 5.17. The Morgan fingerprint density at radius 2 is 2.03 bits per heavy atom. The number of nitrogens with one attached hydrogen (secondary N) is 4. The van der Waals surface area contributed by atoms with Crippen molar-refractivity contribution in [3.63, 3.8) is 0 Å². The molecule has 1 aliphatic rings. The molecule has 0 radical (unpaired) electrons. The number of para-hydroxylation sites is 1. The standard InChI is InChI=1S/C24H29F3N6O3/c1-4-12(3)18(21-32-33-23(36-21)31-22(35)28-5-2)30-20(34)13-9-10-17-15(11-13)14-7-6-8-16(19(14)29-17)24(25,26)27/h6-8,12-13,18,29H,4-5,9-11H2,1-3H3,(H,30,34)(H2,28,31,33,35)/t12-,13?,18?/m0/s1. The fourth-order valence-corrected chi connectivity index (χ4v) is 4.57. The minimum atomic E-state index is -4.47. The third-order valence-corrected chi connectivity index (χ3v) is 6.67. The third-order valence-electron chi connectivity index (χ3n) is 6.67. The van der Waals surface area contributed by atoms with Crippen LogP contribution in [-0.2, 0) is 23.8 Å². The van der Waals surface area contributed by atoms with E-state index in [1.54, 1.807) is 13.0 Å². The Kier molecular flexibility index (Phi) is 7.23. The van der Waals surface area contributed by atoms with Crippen LogP contribution in [0.25, 0.3) is 10.9 Å². The van der Waals surface area contributed by atoms with Gasteiger partial charge >= 0.3 is 18.2 Å². The molecule has 12 heteroatoms. The maximum Gasteiger partial charge on any atom is 0.418 e. The van der Waals surface area contributed by atoms with Gasteiger partial charge in [0.25, 0.3) is 0 Å². The minimum absolute atomic E-state index is 0.0479. The van der Waals surface area contributed by atoms with Crippen molar-refractivity contribution in [2.45, 2.75) is 58.7 Å². The van der Waals surface area contributed by atoms with E-state index < -0.39 is 29.7 Å². The van der Waals surface area contributed by atoms with Gasteiger partial charge in [-0.25, -0.2) is 4.79 Å². The molecular weight excluding hydrogens is 477 g/mol. The van der Waals surface area contributed by atoms with Gasteiger partial charge in [0, 0.05) is 23.5 Å². The molecule has 36 heavy (non-hydrogen) atoms. The van der Waals surface area contributed by atoms with Crippen molar-refractivity contribution >= 4 is 28.9 Å². The molecule has 2 aromatic heterocycles. The average Bonchev–Trinajstić information content (AvgIpc) is 3.45. The molecule has 9 nitrogen and oxygen atoms in total. The molecule has 0 bridgehead atoms. The summed E-state index contributed by atoms with van der Waals surface area (Å²) in [5, 5.41) is 16.4. The van der Waals surface area contributed by atoms with Gasteiger partial charge in [0.15, 0.2) is 0 Å². The Bertz CT molecular complexity index is 1250. The SMILES string of the molecule is CCNC(=O)Nc1nnc(C(NC(=O)C2CCc3[nH]c4c(C(F)(F)F)cccc4c3C2)[C@@H](C)CC)o1. The molecule has 1 aromatic carbocycles. The molecule has 0 saturated carbocycles. The number of amides is 3. The number of H-pyrrole nitrogens is 1. The first-order valence-corrected chi connectivity index (χ1v) is 12.0. The summed E-state index contributed by atoms with van der Waals surface area (Å²) in [6.45, 7) is 6.09. The van der Waals surface area contributed by atoms with Gasteiger partial charge in [0.2, 0.25) is 11.8 Å². The van der Waals surface area contributed by atoms with Gasteiger partial charge in [-0.1, -0.05) is 37.5 Å². The number of hydrogen-bond donors (Lipinski definition) is 4. The van der Waals surface area contributed by atoms with E-state index in [1.807, 2.05) is 13.8 Å². The van der Waals surface area contributed by atoms with Crippen LogP contribution in [0.2, 0.25) is 0 Å². The number of halogens is 3. The Morgan fingerprint density at radius 1 is 1.25 bits per heavy atom. The van der Waals surface area contributed by atoms with Crippen LogP contribution < -0.4 is 16.0 Å². The molecule has 2 unspecified atom stereocenters. The van der Waals surface area contributed by atoms with Gasteiger partial charge in [-0.15, -0.1) is 5.10 Å². The molecule has 0 saturated heterocycles. The molecule has 0 aliphatic heterocycles. The highest BCUT2D eigenvalue weighted by atomic mass is 19.4. The highest BCUT2D eigenvalue weighted by Gasteiger charge is 2.36. The van der Waals surface area contributed by atoms with Crippen molar-refractivity contribution in [2.24, 2.45) is 11.8 Å². The van der Waals surface area contributed by atoms with Crippen molar-refractivity contribution in [3.8, 4) is 0 Å². The summed E-state index contributed by atoms with van der Waals surface area (Å²) >= 11 is 0. The highest BCUT2D eigenvalue weighted by molar-refractivity contribution is 5.89. The van der Waals surface area contributed by atoms with Gasteiger partial charge in [-0.3, -0.25) is 10.1 Å². The smallest absolute Gasteiger partial charge is 0.405 e. The molecular formula is C24H29F3N6O3. The monoisotopic (exact) mass is 506 g/mol. The van der Waals surface area contributed by atoms with E-state index in [0.29, 0.717) is 37.6 Å². The second-order valence-electron chi connectivity index (χ2n) is 9.05. The zero-order chi connectivity index (χ0) is 26.0. The van der Waals surface area contributed by atoms with Crippen molar-refractivity contribution in [3.05, 3.63) is 40.9 Å². The predicted molar refractivity (Wildman–Crippen MR) is 126 cm³/mol. The molecule has 194 valence electrons. The van der Waals surface area contributed by atoms with Crippen molar-refractivity contribution in [1.29, 1.82) is 0 Å². The average molecular weight is 507 g/mol. The van der Waals surface area contributed by atoms with Gasteiger partial charge < -0.3 is 20.0 Å². The van der Waals surface area contributed by atoms with Crippen LogP contribution in [0, 0.1) is 11.8 Å². The first-order valence-electron chi connectivity index (χ1n) is 12.0. The topological polar surface area (TPSA) is 125 Å². The Labute approximate surface area is 205 Å².